The van der Waals surface area contributed by atoms with E-state index in [2.05, 4.69) is 6.07 Å². The molecule has 0 bridgehead atoms. The first-order chi connectivity index (χ1) is 9.46. The van der Waals surface area contributed by atoms with Crippen LogP contribution in [0.15, 0.2) is 28.0 Å². The first kappa shape index (κ1) is 17.5. The first-order valence-corrected chi connectivity index (χ1v) is 9.90. The molecule has 0 heterocycles. The summed E-state index contributed by atoms with van der Waals surface area (Å²) >= 11 is 0. The molecule has 0 radical (unpaired) electrons. The Morgan fingerprint density at radius 2 is 1.76 bits per heavy atom. The Bertz CT molecular complexity index is 777. The molecule has 0 aromatic heterocycles. The van der Waals surface area contributed by atoms with E-state index in [0.29, 0.717) is 12.2 Å². The number of nitrogens with zero attached hydrogens (tertiary/aromatic N) is 2. The molecule has 0 saturated carbocycles. The van der Waals surface area contributed by atoms with Crippen molar-refractivity contribution in [3.63, 3.8) is 0 Å². The standard InChI is InChI=1S/C13H18N2O4S2/c1-10(8-14)9-15(2)12-6-5-11(20(3,16)17)7-13(12)21(4,18)19/h5-7,10H,9H2,1-4H3/t10-/m1/s1. The smallest absolute Gasteiger partial charge is 0.177 e. The second-order valence-corrected chi connectivity index (χ2v) is 9.08. The van der Waals surface area contributed by atoms with Crippen molar-refractivity contribution in [3.05, 3.63) is 18.2 Å². The van der Waals surface area contributed by atoms with E-state index in [1.807, 2.05) is 0 Å². The number of hydrogen-bond donors (Lipinski definition) is 0. The summed E-state index contributed by atoms with van der Waals surface area (Å²) in [5, 5.41) is 8.84. The summed E-state index contributed by atoms with van der Waals surface area (Å²) in [7, 11) is -5.42. The second kappa shape index (κ2) is 6.03. The minimum Gasteiger partial charge on any atom is -0.372 e. The molecule has 0 spiro atoms. The lowest BCUT2D eigenvalue weighted by atomic mass is 10.2. The van der Waals surface area contributed by atoms with Crippen molar-refractivity contribution in [2.75, 3.05) is 31.0 Å². The van der Waals surface area contributed by atoms with Gasteiger partial charge in [-0.15, -0.1) is 0 Å². The minimum atomic E-state index is -3.59. The first-order valence-electron chi connectivity index (χ1n) is 6.11. The molecule has 0 aliphatic carbocycles. The SMILES string of the molecule is C[C@H](C#N)CN(C)c1ccc(S(C)(=O)=O)cc1S(C)(=O)=O. The largest absolute Gasteiger partial charge is 0.372 e. The highest BCUT2D eigenvalue weighted by Crippen LogP contribution is 2.28. The van der Waals surface area contributed by atoms with Crippen molar-refractivity contribution < 1.29 is 16.8 Å². The minimum absolute atomic E-state index is 0.0478. The van der Waals surface area contributed by atoms with Gasteiger partial charge < -0.3 is 4.90 Å². The van der Waals surface area contributed by atoms with Gasteiger partial charge in [-0.05, 0) is 25.1 Å². The van der Waals surface area contributed by atoms with Crippen molar-refractivity contribution in [1.29, 1.82) is 5.26 Å². The summed E-state index contributed by atoms with van der Waals surface area (Å²) in [5.74, 6) is -0.281. The summed E-state index contributed by atoms with van der Waals surface area (Å²) in [4.78, 5) is 1.53. The Labute approximate surface area is 125 Å². The number of sulfone groups is 2. The molecule has 1 atom stereocenters. The van der Waals surface area contributed by atoms with Crippen LogP contribution in [-0.2, 0) is 19.7 Å². The average molecular weight is 330 g/mol. The monoisotopic (exact) mass is 330 g/mol. The zero-order valence-electron chi connectivity index (χ0n) is 12.4. The third kappa shape index (κ3) is 4.44. The highest BCUT2D eigenvalue weighted by atomic mass is 32.2. The number of hydrogen-bond acceptors (Lipinski definition) is 6. The number of benzene rings is 1. The van der Waals surface area contributed by atoms with Gasteiger partial charge in [0.2, 0.25) is 0 Å². The summed E-state index contributed by atoms with van der Waals surface area (Å²) < 4.78 is 46.9. The lowest BCUT2D eigenvalue weighted by Gasteiger charge is -2.23. The van der Waals surface area contributed by atoms with Gasteiger partial charge in [0.1, 0.15) is 0 Å². The predicted octanol–water partition coefficient (Wildman–Crippen LogP) is 1.09. The average Bonchev–Trinajstić information content (AvgIpc) is 2.35. The van der Waals surface area contributed by atoms with Crippen molar-refractivity contribution >= 4 is 25.4 Å². The summed E-state index contributed by atoms with van der Waals surface area (Å²) in [6.07, 6.45) is 2.05. The Kier molecular flexibility index (Phi) is 5.02. The summed E-state index contributed by atoms with van der Waals surface area (Å²) in [5.41, 5.74) is 0.381. The molecular formula is C13H18N2O4S2. The topological polar surface area (TPSA) is 95.3 Å². The highest BCUT2D eigenvalue weighted by molar-refractivity contribution is 7.91. The quantitative estimate of drug-likeness (QED) is 0.802. The normalized spacial score (nSPS) is 13.5. The van der Waals surface area contributed by atoms with E-state index in [-0.39, 0.29) is 15.7 Å². The molecule has 0 N–H and O–H groups in total. The Hall–Kier alpha value is -1.59. The van der Waals surface area contributed by atoms with Crippen LogP contribution in [0.3, 0.4) is 0 Å². The van der Waals surface area contributed by atoms with Gasteiger partial charge in [-0.3, -0.25) is 0 Å². The van der Waals surface area contributed by atoms with E-state index in [4.69, 9.17) is 5.26 Å². The van der Waals surface area contributed by atoms with E-state index >= 15 is 0 Å². The third-order valence-electron chi connectivity index (χ3n) is 2.94. The fraction of sp³-hybridized carbons (Fsp3) is 0.462. The van der Waals surface area contributed by atoms with E-state index in [1.54, 1.807) is 18.9 Å². The Morgan fingerprint density at radius 1 is 1.19 bits per heavy atom. The number of nitriles is 1. The van der Waals surface area contributed by atoms with E-state index < -0.39 is 19.7 Å². The van der Waals surface area contributed by atoms with Gasteiger partial charge in [0.05, 0.1) is 27.5 Å². The molecule has 0 amide bonds. The van der Waals surface area contributed by atoms with Crippen LogP contribution < -0.4 is 4.90 Å². The van der Waals surface area contributed by atoms with Gasteiger partial charge in [0.15, 0.2) is 19.7 Å². The van der Waals surface area contributed by atoms with Gasteiger partial charge in [-0.1, -0.05) is 0 Å². The molecule has 0 aliphatic rings. The van der Waals surface area contributed by atoms with Gasteiger partial charge in [0.25, 0.3) is 0 Å². The van der Waals surface area contributed by atoms with Crippen LogP contribution in [0.5, 0.6) is 0 Å². The molecule has 1 rings (SSSR count). The third-order valence-corrected chi connectivity index (χ3v) is 5.17. The molecule has 1 aromatic rings. The maximum Gasteiger partial charge on any atom is 0.177 e. The number of rotatable bonds is 5. The molecular weight excluding hydrogens is 312 g/mol. The van der Waals surface area contributed by atoms with Crippen molar-refractivity contribution in [1.82, 2.24) is 0 Å². The maximum absolute atomic E-state index is 11.9. The fourth-order valence-corrected chi connectivity index (χ4v) is 3.55. The predicted molar refractivity (Wildman–Crippen MR) is 80.7 cm³/mol. The van der Waals surface area contributed by atoms with Crippen LogP contribution in [0.1, 0.15) is 6.92 Å². The Morgan fingerprint density at radius 3 is 2.19 bits per heavy atom. The van der Waals surface area contributed by atoms with Crippen molar-refractivity contribution in [2.45, 2.75) is 16.7 Å². The van der Waals surface area contributed by atoms with Crippen LogP contribution in [0.2, 0.25) is 0 Å². The molecule has 1 aromatic carbocycles. The summed E-state index contributed by atoms with van der Waals surface area (Å²) in [6.45, 7) is 2.07. The molecule has 21 heavy (non-hydrogen) atoms. The maximum atomic E-state index is 11.9. The molecule has 0 fully saturated rings. The van der Waals surface area contributed by atoms with Crippen molar-refractivity contribution in [3.8, 4) is 6.07 Å². The van der Waals surface area contributed by atoms with Gasteiger partial charge in [-0.25, -0.2) is 16.8 Å². The van der Waals surface area contributed by atoms with E-state index in [9.17, 15) is 16.8 Å². The zero-order valence-corrected chi connectivity index (χ0v) is 14.0. The fourth-order valence-electron chi connectivity index (χ4n) is 1.89. The highest BCUT2D eigenvalue weighted by Gasteiger charge is 2.20. The lowest BCUT2D eigenvalue weighted by Crippen LogP contribution is -2.25. The van der Waals surface area contributed by atoms with Crippen LogP contribution >= 0.6 is 0 Å². The van der Waals surface area contributed by atoms with Crippen molar-refractivity contribution in [2.24, 2.45) is 5.92 Å². The molecule has 8 heteroatoms. The Balaban J connectivity index is 3.44. The second-order valence-electron chi connectivity index (χ2n) is 5.08. The molecule has 6 nitrogen and oxygen atoms in total. The molecule has 0 unspecified atom stereocenters. The van der Waals surface area contributed by atoms with Crippen LogP contribution in [0.4, 0.5) is 5.69 Å². The van der Waals surface area contributed by atoms with Gasteiger partial charge in [0, 0.05) is 26.1 Å². The summed E-state index contributed by atoms with van der Waals surface area (Å²) in [6, 6.07) is 6.06. The van der Waals surface area contributed by atoms with Gasteiger partial charge >= 0.3 is 0 Å². The lowest BCUT2D eigenvalue weighted by molar-refractivity contribution is 0.599. The van der Waals surface area contributed by atoms with E-state index in [0.717, 1.165) is 18.6 Å². The molecule has 0 aliphatic heterocycles. The molecule has 0 saturated heterocycles. The zero-order chi connectivity index (χ0) is 16.4. The van der Waals surface area contributed by atoms with Crippen LogP contribution in [0, 0.1) is 17.2 Å². The van der Waals surface area contributed by atoms with Crippen LogP contribution in [0.25, 0.3) is 0 Å². The van der Waals surface area contributed by atoms with Crippen LogP contribution in [-0.4, -0.2) is 42.9 Å². The number of anilines is 1. The van der Waals surface area contributed by atoms with Gasteiger partial charge in [-0.2, -0.15) is 5.26 Å². The molecule has 116 valence electrons. The van der Waals surface area contributed by atoms with E-state index in [1.165, 1.54) is 12.1 Å².